The van der Waals surface area contributed by atoms with E-state index in [2.05, 4.69) is 10.3 Å². The second-order valence-electron chi connectivity index (χ2n) is 7.14. The molecule has 6 nitrogen and oxygen atoms in total. The number of carbonyl (C=O) groups excluding carboxylic acids is 1. The number of benzene rings is 1. The summed E-state index contributed by atoms with van der Waals surface area (Å²) in [6.45, 7) is 1.31. The van der Waals surface area contributed by atoms with Crippen LogP contribution < -0.4 is 10.2 Å². The second-order valence-corrected chi connectivity index (χ2v) is 7.14. The van der Waals surface area contributed by atoms with Crippen molar-refractivity contribution in [2.75, 3.05) is 51.5 Å². The third-order valence-electron chi connectivity index (χ3n) is 4.25. The van der Waals surface area contributed by atoms with Crippen molar-refractivity contribution in [2.24, 2.45) is 0 Å². The summed E-state index contributed by atoms with van der Waals surface area (Å²) in [5.41, 5.74) is 0.611. The summed E-state index contributed by atoms with van der Waals surface area (Å²) >= 11 is 0. The van der Waals surface area contributed by atoms with Crippen LogP contribution in [-0.4, -0.2) is 62.1 Å². The number of pyridine rings is 1. The van der Waals surface area contributed by atoms with Crippen molar-refractivity contribution in [1.82, 2.24) is 14.8 Å². The Labute approximate surface area is 168 Å². The summed E-state index contributed by atoms with van der Waals surface area (Å²) < 4.78 is 39.4. The highest BCUT2D eigenvalue weighted by molar-refractivity contribution is 5.93. The number of amides is 2. The molecule has 0 atom stereocenters. The van der Waals surface area contributed by atoms with E-state index in [1.165, 1.54) is 6.07 Å². The molecule has 0 aliphatic heterocycles. The Hall–Kier alpha value is -2.81. The zero-order chi connectivity index (χ0) is 21.6. The lowest BCUT2D eigenvalue weighted by atomic mass is 10.1. The summed E-state index contributed by atoms with van der Waals surface area (Å²) in [7, 11) is 7.18. The predicted octanol–water partition coefficient (Wildman–Crippen LogP) is 3.76. The van der Waals surface area contributed by atoms with Gasteiger partial charge in [0.25, 0.3) is 0 Å². The van der Waals surface area contributed by atoms with Gasteiger partial charge in [-0.3, -0.25) is 4.98 Å². The van der Waals surface area contributed by atoms with Gasteiger partial charge < -0.3 is 20.0 Å². The predicted molar refractivity (Wildman–Crippen MR) is 108 cm³/mol. The molecule has 1 N–H and O–H groups in total. The molecule has 0 bridgehead atoms. The number of nitrogens with zero attached hydrogens (tertiary/aromatic N) is 4. The van der Waals surface area contributed by atoms with E-state index in [0.717, 1.165) is 17.7 Å². The summed E-state index contributed by atoms with van der Waals surface area (Å²) in [4.78, 5) is 22.1. The number of rotatable bonds is 7. The summed E-state index contributed by atoms with van der Waals surface area (Å²) in [5.74, 6) is 0. The van der Waals surface area contributed by atoms with Gasteiger partial charge in [-0.2, -0.15) is 13.2 Å². The number of nitrogens with one attached hydrogen (secondary N) is 1. The first-order valence-corrected chi connectivity index (χ1v) is 9.06. The monoisotopic (exact) mass is 409 g/mol. The second kappa shape index (κ2) is 9.60. The van der Waals surface area contributed by atoms with Gasteiger partial charge in [-0.1, -0.05) is 6.07 Å². The average Bonchev–Trinajstić information content (AvgIpc) is 2.64. The van der Waals surface area contributed by atoms with E-state index >= 15 is 0 Å². The van der Waals surface area contributed by atoms with E-state index in [-0.39, 0.29) is 5.69 Å². The average molecular weight is 409 g/mol. The highest BCUT2D eigenvalue weighted by atomic mass is 19.4. The van der Waals surface area contributed by atoms with E-state index in [9.17, 15) is 18.0 Å². The quantitative estimate of drug-likeness (QED) is 0.757. The fourth-order valence-electron chi connectivity index (χ4n) is 2.68. The molecular weight excluding hydrogens is 383 g/mol. The number of aromatic nitrogens is 1. The van der Waals surface area contributed by atoms with E-state index in [1.54, 1.807) is 42.4 Å². The summed E-state index contributed by atoms with van der Waals surface area (Å²) in [6, 6.07) is 6.46. The maximum absolute atomic E-state index is 13.1. The molecule has 0 fully saturated rings. The first-order valence-electron chi connectivity index (χ1n) is 9.06. The highest BCUT2D eigenvalue weighted by Crippen LogP contribution is 2.35. The van der Waals surface area contributed by atoms with Crippen LogP contribution in [0.25, 0.3) is 0 Å². The van der Waals surface area contributed by atoms with Gasteiger partial charge >= 0.3 is 12.2 Å². The van der Waals surface area contributed by atoms with Crippen molar-refractivity contribution < 1.29 is 18.0 Å². The van der Waals surface area contributed by atoms with Gasteiger partial charge in [0.2, 0.25) is 0 Å². The van der Waals surface area contributed by atoms with Crippen LogP contribution in [-0.2, 0) is 12.7 Å². The van der Waals surface area contributed by atoms with Crippen LogP contribution in [0.3, 0.4) is 0 Å². The normalized spacial score (nSPS) is 11.4. The lowest BCUT2D eigenvalue weighted by molar-refractivity contribution is -0.137. The minimum Gasteiger partial charge on any atom is -0.376 e. The molecule has 0 saturated carbocycles. The maximum Gasteiger partial charge on any atom is 0.416 e. The van der Waals surface area contributed by atoms with Crippen molar-refractivity contribution >= 4 is 17.4 Å². The molecule has 0 aliphatic carbocycles. The van der Waals surface area contributed by atoms with Crippen LogP contribution in [0.4, 0.5) is 29.3 Å². The number of halogens is 3. The molecule has 1 heterocycles. The Balaban J connectivity index is 2.28. The Kier molecular flexibility index (Phi) is 7.44. The van der Waals surface area contributed by atoms with Crippen LogP contribution in [0.15, 0.2) is 42.7 Å². The molecule has 1 aromatic heterocycles. The summed E-state index contributed by atoms with van der Waals surface area (Å²) in [5, 5.41) is 2.65. The van der Waals surface area contributed by atoms with Crippen LogP contribution in [0.1, 0.15) is 11.1 Å². The first-order chi connectivity index (χ1) is 13.6. The number of likely N-dealkylation sites (N-methyl/N-ethyl adjacent to an activating group) is 1. The van der Waals surface area contributed by atoms with Gasteiger partial charge in [-0.25, -0.2) is 4.79 Å². The van der Waals surface area contributed by atoms with E-state index in [0.29, 0.717) is 25.3 Å². The fraction of sp³-hybridized carbons (Fsp3) is 0.400. The Morgan fingerprint density at radius 3 is 2.38 bits per heavy atom. The highest BCUT2D eigenvalue weighted by Gasteiger charge is 2.31. The molecule has 9 heteroatoms. The molecular formula is C20H26F3N5O. The minimum atomic E-state index is -4.50. The molecule has 2 aromatic rings. The number of carbonyl (C=O) groups is 1. The third kappa shape index (κ3) is 6.63. The molecule has 2 amide bonds. The number of hydrogen-bond acceptors (Lipinski definition) is 4. The summed E-state index contributed by atoms with van der Waals surface area (Å²) in [6.07, 6.45) is -1.20. The minimum absolute atomic E-state index is 0.107. The van der Waals surface area contributed by atoms with Gasteiger partial charge in [0.15, 0.2) is 0 Å². The van der Waals surface area contributed by atoms with Crippen LogP contribution in [0, 0.1) is 0 Å². The molecule has 158 valence electrons. The van der Waals surface area contributed by atoms with Crippen molar-refractivity contribution in [3.05, 3.63) is 53.9 Å². The maximum atomic E-state index is 13.1. The zero-order valence-corrected chi connectivity index (χ0v) is 17.0. The molecule has 29 heavy (non-hydrogen) atoms. The smallest absolute Gasteiger partial charge is 0.376 e. The van der Waals surface area contributed by atoms with Gasteiger partial charge in [0.1, 0.15) is 0 Å². The Morgan fingerprint density at radius 1 is 1.10 bits per heavy atom. The van der Waals surface area contributed by atoms with E-state index in [4.69, 9.17) is 0 Å². The molecule has 0 saturated heterocycles. The van der Waals surface area contributed by atoms with Crippen molar-refractivity contribution in [1.29, 1.82) is 0 Å². The SMILES string of the molecule is CN(C)CCN(Cc1cccnc1)C(=O)Nc1cc(C(F)(F)F)ccc1N(C)C. The molecule has 0 unspecified atom stereocenters. The van der Waals surface area contributed by atoms with Gasteiger partial charge in [-0.05, 0) is 43.9 Å². The van der Waals surface area contributed by atoms with Crippen LogP contribution in [0.5, 0.6) is 0 Å². The molecule has 1 aromatic carbocycles. The largest absolute Gasteiger partial charge is 0.416 e. The van der Waals surface area contributed by atoms with Gasteiger partial charge in [0, 0.05) is 46.1 Å². The topological polar surface area (TPSA) is 51.7 Å². The number of urea groups is 1. The molecule has 0 aliphatic rings. The van der Waals surface area contributed by atoms with E-state index in [1.807, 2.05) is 25.1 Å². The molecule has 0 radical (unpaired) electrons. The van der Waals surface area contributed by atoms with Crippen molar-refractivity contribution in [3.63, 3.8) is 0 Å². The lowest BCUT2D eigenvalue weighted by Crippen LogP contribution is -2.39. The van der Waals surface area contributed by atoms with Crippen molar-refractivity contribution in [2.45, 2.75) is 12.7 Å². The molecule has 2 rings (SSSR count). The number of hydrogen-bond donors (Lipinski definition) is 1. The van der Waals surface area contributed by atoms with Crippen molar-refractivity contribution in [3.8, 4) is 0 Å². The van der Waals surface area contributed by atoms with Crippen LogP contribution in [0.2, 0.25) is 0 Å². The first kappa shape index (κ1) is 22.5. The fourth-order valence-corrected chi connectivity index (χ4v) is 2.68. The van der Waals surface area contributed by atoms with Crippen LogP contribution >= 0.6 is 0 Å². The Bertz CT molecular complexity index is 810. The third-order valence-corrected chi connectivity index (χ3v) is 4.25. The lowest BCUT2D eigenvalue weighted by Gasteiger charge is -2.26. The number of alkyl halides is 3. The zero-order valence-electron chi connectivity index (χ0n) is 17.0. The van der Waals surface area contributed by atoms with E-state index < -0.39 is 17.8 Å². The van der Waals surface area contributed by atoms with Gasteiger partial charge in [0.05, 0.1) is 16.9 Å². The number of anilines is 2. The standard InChI is InChI=1S/C20H26F3N5O/c1-26(2)10-11-28(14-15-6-5-9-24-13-15)19(29)25-17-12-16(20(21,22)23)7-8-18(17)27(3)4/h5-9,12-13H,10-11,14H2,1-4H3,(H,25,29). The Morgan fingerprint density at radius 2 is 1.83 bits per heavy atom. The van der Waals surface area contributed by atoms with Gasteiger partial charge in [-0.15, -0.1) is 0 Å². The molecule has 0 spiro atoms.